The van der Waals surface area contributed by atoms with Gasteiger partial charge in [-0.25, -0.2) is 12.8 Å². The number of halogens is 1. The number of hydrogen-bond donors (Lipinski definition) is 1. The average molecular weight is 476 g/mol. The molecule has 7 nitrogen and oxygen atoms in total. The molecule has 2 aromatic rings. The van der Waals surface area contributed by atoms with Crippen LogP contribution < -0.4 is 5.32 Å². The number of likely N-dealkylation sites (N-methyl/N-ethyl adjacent to an activating group) is 1. The van der Waals surface area contributed by atoms with E-state index in [4.69, 9.17) is 0 Å². The van der Waals surface area contributed by atoms with Gasteiger partial charge in [0.1, 0.15) is 11.9 Å². The lowest BCUT2D eigenvalue weighted by Crippen LogP contribution is -2.46. The van der Waals surface area contributed by atoms with Gasteiger partial charge in [0.2, 0.25) is 21.8 Å². The van der Waals surface area contributed by atoms with Gasteiger partial charge in [-0.3, -0.25) is 9.59 Å². The van der Waals surface area contributed by atoms with E-state index in [2.05, 4.69) is 5.32 Å². The van der Waals surface area contributed by atoms with Gasteiger partial charge >= 0.3 is 0 Å². The average Bonchev–Trinajstić information content (AvgIpc) is 3.37. The standard InChI is InChI=1S/C24H30FN3O4S/c1-18(24(30)26-2)28(17-20-5-10-21(25)11-6-20)23(29)14-9-19-7-12-22(13-8-19)33(31,32)27-15-3-4-16-27/h5-8,10-13,18H,3-4,9,14-17H2,1-2H3,(H,26,30). The molecule has 2 amide bonds. The summed E-state index contributed by atoms with van der Waals surface area (Å²) in [5, 5.41) is 2.56. The van der Waals surface area contributed by atoms with Crippen molar-refractivity contribution >= 4 is 21.8 Å². The lowest BCUT2D eigenvalue weighted by Gasteiger charge is -2.28. The Hall–Kier alpha value is -2.78. The maximum absolute atomic E-state index is 13.2. The van der Waals surface area contributed by atoms with E-state index in [-0.39, 0.29) is 35.5 Å². The summed E-state index contributed by atoms with van der Waals surface area (Å²) in [5.41, 5.74) is 1.55. The van der Waals surface area contributed by atoms with Crippen LogP contribution in [0.25, 0.3) is 0 Å². The van der Waals surface area contributed by atoms with E-state index in [0.29, 0.717) is 19.5 Å². The largest absolute Gasteiger partial charge is 0.357 e. The SMILES string of the molecule is CNC(=O)C(C)N(Cc1ccc(F)cc1)C(=O)CCc1ccc(S(=O)(=O)N2CCCC2)cc1. The number of aryl methyl sites for hydroxylation is 1. The number of carbonyl (C=O) groups excluding carboxylic acids is 2. The minimum absolute atomic E-state index is 0.154. The van der Waals surface area contributed by atoms with Gasteiger partial charge in [-0.05, 0) is 61.6 Å². The van der Waals surface area contributed by atoms with Crippen molar-refractivity contribution < 1.29 is 22.4 Å². The Morgan fingerprint density at radius 3 is 2.18 bits per heavy atom. The minimum Gasteiger partial charge on any atom is -0.357 e. The van der Waals surface area contributed by atoms with E-state index in [1.165, 1.54) is 28.4 Å². The molecule has 3 rings (SSSR count). The highest BCUT2D eigenvalue weighted by atomic mass is 32.2. The van der Waals surface area contributed by atoms with Crippen molar-refractivity contribution in [3.05, 3.63) is 65.5 Å². The van der Waals surface area contributed by atoms with Crippen LogP contribution in [0.5, 0.6) is 0 Å². The molecule has 0 radical (unpaired) electrons. The number of benzene rings is 2. The summed E-state index contributed by atoms with van der Waals surface area (Å²) >= 11 is 0. The van der Waals surface area contributed by atoms with Crippen LogP contribution in [0.15, 0.2) is 53.4 Å². The number of hydrogen-bond acceptors (Lipinski definition) is 4. The molecule has 0 spiro atoms. The van der Waals surface area contributed by atoms with Crippen molar-refractivity contribution in [3.8, 4) is 0 Å². The zero-order valence-electron chi connectivity index (χ0n) is 19.0. The van der Waals surface area contributed by atoms with Crippen molar-refractivity contribution in [1.29, 1.82) is 0 Å². The molecule has 1 heterocycles. The van der Waals surface area contributed by atoms with Gasteiger partial charge in [0, 0.05) is 33.1 Å². The number of nitrogens with one attached hydrogen (secondary N) is 1. The van der Waals surface area contributed by atoms with Crippen LogP contribution in [0.2, 0.25) is 0 Å². The highest BCUT2D eigenvalue weighted by Crippen LogP contribution is 2.21. The Labute approximate surface area is 194 Å². The van der Waals surface area contributed by atoms with Crippen LogP contribution >= 0.6 is 0 Å². The number of carbonyl (C=O) groups is 2. The first-order chi connectivity index (χ1) is 15.7. The molecule has 1 aliphatic heterocycles. The fourth-order valence-corrected chi connectivity index (χ4v) is 5.40. The Kier molecular flexibility index (Phi) is 8.20. The summed E-state index contributed by atoms with van der Waals surface area (Å²) in [7, 11) is -1.96. The minimum atomic E-state index is -3.47. The maximum Gasteiger partial charge on any atom is 0.243 e. The summed E-state index contributed by atoms with van der Waals surface area (Å²) in [6.07, 6.45) is 2.31. The molecule has 1 unspecified atom stereocenters. The molecule has 0 saturated carbocycles. The molecule has 0 aliphatic carbocycles. The predicted octanol–water partition coefficient (Wildman–Crippen LogP) is 2.71. The molecule has 1 fully saturated rings. The van der Waals surface area contributed by atoms with Crippen molar-refractivity contribution in [2.45, 2.75) is 50.1 Å². The van der Waals surface area contributed by atoms with E-state index in [0.717, 1.165) is 24.0 Å². The van der Waals surface area contributed by atoms with Gasteiger partial charge in [-0.2, -0.15) is 4.31 Å². The molecule has 33 heavy (non-hydrogen) atoms. The molecule has 1 aliphatic rings. The zero-order chi connectivity index (χ0) is 24.0. The van der Waals surface area contributed by atoms with Crippen molar-refractivity contribution in [2.75, 3.05) is 20.1 Å². The molecule has 9 heteroatoms. The Bertz CT molecular complexity index is 1070. The third-order valence-electron chi connectivity index (χ3n) is 5.93. The Balaban J connectivity index is 1.67. The van der Waals surface area contributed by atoms with Gasteiger partial charge in [-0.15, -0.1) is 0 Å². The van der Waals surface area contributed by atoms with Crippen molar-refractivity contribution in [3.63, 3.8) is 0 Å². The lowest BCUT2D eigenvalue weighted by atomic mass is 10.1. The second-order valence-electron chi connectivity index (χ2n) is 8.19. The fourth-order valence-electron chi connectivity index (χ4n) is 3.88. The first kappa shape index (κ1) is 24.9. The van der Waals surface area contributed by atoms with Crippen LogP contribution in [0.1, 0.15) is 37.3 Å². The first-order valence-electron chi connectivity index (χ1n) is 11.1. The number of nitrogens with zero attached hydrogens (tertiary/aromatic N) is 2. The topological polar surface area (TPSA) is 86.8 Å². The molecule has 1 N–H and O–H groups in total. The molecular weight excluding hydrogens is 445 g/mol. The summed E-state index contributed by atoms with van der Waals surface area (Å²) in [5.74, 6) is -0.878. The molecule has 1 saturated heterocycles. The molecule has 0 bridgehead atoms. The van der Waals surface area contributed by atoms with E-state index in [1.807, 2.05) is 0 Å². The zero-order valence-corrected chi connectivity index (χ0v) is 19.8. The third kappa shape index (κ3) is 6.17. The van der Waals surface area contributed by atoms with E-state index in [1.54, 1.807) is 43.3 Å². The summed E-state index contributed by atoms with van der Waals surface area (Å²) in [6, 6.07) is 11.7. The molecule has 0 aromatic heterocycles. The van der Waals surface area contributed by atoms with Crippen LogP contribution in [0.3, 0.4) is 0 Å². The highest BCUT2D eigenvalue weighted by molar-refractivity contribution is 7.89. The lowest BCUT2D eigenvalue weighted by molar-refractivity contribution is -0.140. The van der Waals surface area contributed by atoms with Crippen molar-refractivity contribution in [1.82, 2.24) is 14.5 Å². The first-order valence-corrected chi connectivity index (χ1v) is 12.5. The predicted molar refractivity (Wildman–Crippen MR) is 123 cm³/mol. The van der Waals surface area contributed by atoms with E-state index < -0.39 is 16.1 Å². The van der Waals surface area contributed by atoms with Crippen LogP contribution in [0.4, 0.5) is 4.39 Å². The molecule has 2 aromatic carbocycles. The van der Waals surface area contributed by atoms with Gasteiger partial charge in [0.25, 0.3) is 0 Å². The van der Waals surface area contributed by atoms with Gasteiger partial charge in [0.05, 0.1) is 4.90 Å². The van der Waals surface area contributed by atoms with E-state index in [9.17, 15) is 22.4 Å². The Morgan fingerprint density at radius 1 is 1.03 bits per heavy atom. The van der Waals surface area contributed by atoms with Gasteiger partial charge < -0.3 is 10.2 Å². The number of rotatable bonds is 9. The Morgan fingerprint density at radius 2 is 1.61 bits per heavy atom. The van der Waals surface area contributed by atoms with E-state index >= 15 is 0 Å². The summed E-state index contributed by atoms with van der Waals surface area (Å²) < 4.78 is 40.1. The quantitative estimate of drug-likeness (QED) is 0.604. The van der Waals surface area contributed by atoms with Crippen LogP contribution in [-0.2, 0) is 32.6 Å². The van der Waals surface area contributed by atoms with Gasteiger partial charge in [0.15, 0.2) is 0 Å². The van der Waals surface area contributed by atoms with Crippen LogP contribution in [0, 0.1) is 5.82 Å². The number of sulfonamides is 1. The molecule has 1 atom stereocenters. The van der Waals surface area contributed by atoms with Gasteiger partial charge in [-0.1, -0.05) is 24.3 Å². The summed E-state index contributed by atoms with van der Waals surface area (Å²) in [6.45, 7) is 2.93. The summed E-state index contributed by atoms with van der Waals surface area (Å²) in [4.78, 5) is 26.9. The molecular formula is C24H30FN3O4S. The second-order valence-corrected chi connectivity index (χ2v) is 10.1. The maximum atomic E-state index is 13.2. The monoisotopic (exact) mass is 475 g/mol. The van der Waals surface area contributed by atoms with Crippen molar-refractivity contribution in [2.24, 2.45) is 0 Å². The number of amides is 2. The molecule has 178 valence electrons. The normalized spacial score (nSPS) is 15.2. The van der Waals surface area contributed by atoms with Crippen LogP contribution in [-0.4, -0.2) is 55.6 Å². The smallest absolute Gasteiger partial charge is 0.243 e. The fraction of sp³-hybridized carbons (Fsp3) is 0.417. The third-order valence-corrected chi connectivity index (χ3v) is 7.85. The highest BCUT2D eigenvalue weighted by Gasteiger charge is 2.27. The second kappa shape index (κ2) is 10.9.